The Morgan fingerprint density at radius 1 is 0.597 bits per heavy atom. The minimum Gasteiger partial charge on any atom is -0.497 e. The first-order chi connectivity index (χ1) is 34.7. The van der Waals surface area contributed by atoms with Gasteiger partial charge in [0.05, 0.1) is 84.6 Å². The number of ether oxygens (including phenoxy) is 4. The highest BCUT2D eigenvalue weighted by atomic mass is 16.5. The van der Waals surface area contributed by atoms with Gasteiger partial charge in [-0.05, 0) is 82.8 Å². The maximum absolute atomic E-state index is 12.2. The van der Waals surface area contributed by atoms with Gasteiger partial charge in [-0.2, -0.15) is 9.97 Å². The normalized spacial score (nSPS) is 11.0. The average molecular weight is 979 g/mol. The number of aromatic nitrogens is 8. The maximum atomic E-state index is 12.2. The van der Waals surface area contributed by atoms with Crippen molar-refractivity contribution in [3.05, 3.63) is 110 Å². The SMILES string of the molecule is C=CC(=O)Nc1cc(Nc2nccc(-n3cnc4cc(OC)ccc43)n2)c(OC)cc1N(C)CCN(C)C.COc1ccc2c(c1)ncn2-c1ccnc(Nc2cc(N)c(N(C)CCN(C)C)cc2OC)n1. The molecular weight excluding hydrogens is 917 g/mol. The largest absolute Gasteiger partial charge is 0.497 e. The van der Waals surface area contributed by atoms with Crippen molar-refractivity contribution in [3.8, 4) is 34.6 Å². The number of nitrogen functional groups attached to an aromatic ring is 1. The summed E-state index contributed by atoms with van der Waals surface area (Å²) in [5, 5.41) is 9.38. The molecule has 0 saturated carbocycles. The van der Waals surface area contributed by atoms with Crippen LogP contribution in [0, 0.1) is 0 Å². The van der Waals surface area contributed by atoms with Crippen molar-refractivity contribution in [1.82, 2.24) is 48.8 Å². The fraction of sp³-hybridized carbons (Fsp3) is 0.275. The topological polar surface area (TPSA) is 216 Å². The Bertz CT molecular complexity index is 3150. The first kappa shape index (κ1) is 51.2. The van der Waals surface area contributed by atoms with Gasteiger partial charge in [0.25, 0.3) is 0 Å². The van der Waals surface area contributed by atoms with Gasteiger partial charge in [0, 0.05) is 76.9 Å². The first-order valence-electron chi connectivity index (χ1n) is 22.8. The number of rotatable bonds is 20. The smallest absolute Gasteiger partial charge is 0.247 e. The van der Waals surface area contributed by atoms with E-state index in [1.165, 1.54) is 6.08 Å². The third-order valence-electron chi connectivity index (χ3n) is 11.5. The van der Waals surface area contributed by atoms with Crippen LogP contribution in [0.1, 0.15) is 0 Å². The van der Waals surface area contributed by atoms with E-state index in [0.717, 1.165) is 71.1 Å². The number of benzene rings is 4. The molecule has 0 aliphatic heterocycles. The second-order valence-electron chi connectivity index (χ2n) is 17.0. The third kappa shape index (κ3) is 12.2. The monoisotopic (exact) mass is 979 g/mol. The van der Waals surface area contributed by atoms with Crippen LogP contribution < -0.4 is 50.4 Å². The van der Waals surface area contributed by atoms with Crippen molar-refractivity contribution in [1.29, 1.82) is 0 Å². The molecule has 72 heavy (non-hydrogen) atoms. The molecule has 8 rings (SSSR count). The molecule has 376 valence electrons. The summed E-state index contributed by atoms with van der Waals surface area (Å²) in [6, 6.07) is 22.5. The molecule has 0 aliphatic rings. The van der Waals surface area contributed by atoms with Gasteiger partial charge in [-0.15, -0.1) is 0 Å². The Hall–Kier alpha value is -8.69. The minimum absolute atomic E-state index is 0.315. The van der Waals surface area contributed by atoms with Crippen LogP contribution in [0.3, 0.4) is 0 Å². The van der Waals surface area contributed by atoms with Crippen LogP contribution in [-0.2, 0) is 4.79 Å². The molecule has 0 aliphatic carbocycles. The van der Waals surface area contributed by atoms with E-state index in [1.54, 1.807) is 65.6 Å². The fourth-order valence-corrected chi connectivity index (χ4v) is 7.49. The summed E-state index contributed by atoms with van der Waals surface area (Å²) < 4.78 is 25.7. The summed E-state index contributed by atoms with van der Waals surface area (Å²) in [6.07, 6.45) is 8.03. The van der Waals surface area contributed by atoms with Crippen molar-refractivity contribution in [2.45, 2.75) is 0 Å². The zero-order valence-electron chi connectivity index (χ0n) is 42.3. The minimum atomic E-state index is -0.315. The van der Waals surface area contributed by atoms with Crippen LogP contribution in [0.4, 0.5) is 46.0 Å². The molecule has 4 aromatic heterocycles. The summed E-state index contributed by atoms with van der Waals surface area (Å²) in [5.74, 6) is 4.47. The van der Waals surface area contributed by atoms with E-state index in [-0.39, 0.29) is 5.91 Å². The van der Waals surface area contributed by atoms with Crippen LogP contribution in [0.2, 0.25) is 0 Å². The number of imidazole rings is 2. The number of likely N-dealkylation sites (N-methyl/N-ethyl adjacent to an activating group) is 4. The molecule has 8 aromatic rings. The van der Waals surface area contributed by atoms with Gasteiger partial charge in [0.2, 0.25) is 17.8 Å². The fourth-order valence-electron chi connectivity index (χ4n) is 7.49. The molecule has 4 heterocycles. The number of carbonyl (C=O) groups excluding carboxylic acids is 1. The highest BCUT2D eigenvalue weighted by Crippen LogP contribution is 2.39. The average Bonchev–Trinajstić information content (AvgIpc) is 4.02. The molecule has 0 spiro atoms. The molecule has 0 fully saturated rings. The van der Waals surface area contributed by atoms with Gasteiger partial charge in [-0.3, -0.25) is 13.9 Å². The summed E-state index contributed by atoms with van der Waals surface area (Å²) in [6.45, 7) is 6.90. The van der Waals surface area contributed by atoms with Crippen molar-refractivity contribution in [3.63, 3.8) is 0 Å². The quantitative estimate of drug-likeness (QED) is 0.0453. The van der Waals surface area contributed by atoms with Crippen molar-refractivity contribution in [2.24, 2.45) is 0 Å². The molecule has 0 saturated heterocycles. The molecular formula is C51H62N16O5. The Balaban J connectivity index is 0.000000213. The van der Waals surface area contributed by atoms with Crippen molar-refractivity contribution in [2.75, 3.05) is 128 Å². The second-order valence-corrected chi connectivity index (χ2v) is 17.0. The highest BCUT2D eigenvalue weighted by Gasteiger charge is 2.18. The van der Waals surface area contributed by atoms with Gasteiger partial charge in [0.1, 0.15) is 47.3 Å². The van der Waals surface area contributed by atoms with E-state index in [2.05, 4.69) is 72.0 Å². The molecule has 1 amide bonds. The lowest BCUT2D eigenvalue weighted by atomic mass is 10.2. The number of hydrogen-bond donors (Lipinski definition) is 4. The van der Waals surface area contributed by atoms with Crippen LogP contribution in [0.15, 0.2) is 110 Å². The molecule has 21 heteroatoms. The van der Waals surface area contributed by atoms with E-state index in [4.69, 9.17) is 24.7 Å². The lowest BCUT2D eigenvalue weighted by Gasteiger charge is -2.26. The van der Waals surface area contributed by atoms with E-state index < -0.39 is 0 Å². The first-order valence-corrected chi connectivity index (χ1v) is 22.8. The molecule has 5 N–H and O–H groups in total. The number of carbonyl (C=O) groups is 1. The van der Waals surface area contributed by atoms with Gasteiger partial charge in [0.15, 0.2) is 0 Å². The van der Waals surface area contributed by atoms with Crippen LogP contribution in [-0.4, -0.2) is 152 Å². The number of hydrogen-bond acceptors (Lipinski definition) is 18. The van der Waals surface area contributed by atoms with Gasteiger partial charge in [-0.1, -0.05) is 6.58 Å². The van der Waals surface area contributed by atoms with Crippen LogP contribution in [0.25, 0.3) is 33.7 Å². The second kappa shape index (κ2) is 23.3. The van der Waals surface area contributed by atoms with E-state index in [1.807, 2.05) is 112 Å². The number of methoxy groups -OCH3 is 4. The Morgan fingerprint density at radius 3 is 1.53 bits per heavy atom. The van der Waals surface area contributed by atoms with Crippen molar-refractivity contribution >= 4 is 74.0 Å². The standard InChI is InChI=1S/C27H32N8O3.C24H30N8O2/c1-7-26(36)30-20-15-21(24(38-6)16-23(20)34(4)13-12-33(2)3)31-27-28-11-10-25(32-27)35-17-29-19-14-18(37-5)8-9-22(19)35;1-30(2)10-11-31(3)21-14-22(34-5)19(13-17(21)25)28-24-26-9-8-23(29-24)32-15-27-18-12-16(33-4)6-7-20(18)32/h7-11,14-17H,1,12-13H2,2-6H3,(H,30,36)(H,28,31,32);6-9,12-15H,10-11,25H2,1-5H3,(H,26,28,29). The zero-order valence-corrected chi connectivity index (χ0v) is 42.3. The Labute approximate surface area is 418 Å². The van der Waals surface area contributed by atoms with Gasteiger partial charge in [-0.25, -0.2) is 19.9 Å². The number of nitrogens with zero attached hydrogens (tertiary/aromatic N) is 12. The zero-order chi connectivity index (χ0) is 51.5. The summed E-state index contributed by atoms with van der Waals surface area (Å²) in [4.78, 5) is 47.7. The van der Waals surface area contributed by atoms with Gasteiger partial charge >= 0.3 is 0 Å². The highest BCUT2D eigenvalue weighted by molar-refractivity contribution is 6.02. The van der Waals surface area contributed by atoms with Crippen LogP contribution in [0.5, 0.6) is 23.0 Å². The molecule has 21 nitrogen and oxygen atoms in total. The maximum Gasteiger partial charge on any atom is 0.247 e. The van der Waals surface area contributed by atoms with Gasteiger partial charge < -0.3 is 60.2 Å². The number of fused-ring (bicyclic) bond motifs is 2. The summed E-state index contributed by atoms with van der Waals surface area (Å²) in [7, 11) is 18.6. The van der Waals surface area contributed by atoms with Crippen LogP contribution >= 0.6 is 0 Å². The molecule has 4 aromatic carbocycles. The number of nitrogens with one attached hydrogen (secondary N) is 3. The lowest BCUT2D eigenvalue weighted by Crippen LogP contribution is -2.29. The number of amides is 1. The third-order valence-corrected chi connectivity index (χ3v) is 11.5. The Kier molecular flexibility index (Phi) is 16.5. The van der Waals surface area contributed by atoms with E-state index in [0.29, 0.717) is 57.8 Å². The molecule has 0 atom stereocenters. The number of anilines is 8. The summed E-state index contributed by atoms with van der Waals surface area (Å²) in [5.41, 5.74) is 14.0. The predicted octanol–water partition coefficient (Wildman–Crippen LogP) is 6.85. The van der Waals surface area contributed by atoms with E-state index >= 15 is 0 Å². The van der Waals surface area contributed by atoms with E-state index in [9.17, 15) is 4.79 Å². The lowest BCUT2D eigenvalue weighted by molar-refractivity contribution is -0.111. The Morgan fingerprint density at radius 2 is 1.07 bits per heavy atom. The molecule has 0 bridgehead atoms. The summed E-state index contributed by atoms with van der Waals surface area (Å²) >= 11 is 0. The predicted molar refractivity (Wildman–Crippen MR) is 286 cm³/mol. The molecule has 0 radical (unpaired) electrons. The van der Waals surface area contributed by atoms with Crippen molar-refractivity contribution < 1.29 is 23.7 Å². The number of nitrogens with two attached hydrogens (primary N) is 1. The molecule has 0 unspecified atom stereocenters.